The van der Waals surface area contributed by atoms with E-state index in [9.17, 15) is 9.59 Å². The first-order chi connectivity index (χ1) is 15.4. The van der Waals surface area contributed by atoms with Gasteiger partial charge in [0.2, 0.25) is 0 Å². The van der Waals surface area contributed by atoms with Gasteiger partial charge in [-0.2, -0.15) is 0 Å². The van der Waals surface area contributed by atoms with Crippen LogP contribution in [-0.2, 0) is 14.3 Å². The Labute approximate surface area is 196 Å². The van der Waals surface area contributed by atoms with Gasteiger partial charge >= 0.3 is 5.97 Å². The van der Waals surface area contributed by atoms with Gasteiger partial charge in [-0.25, -0.2) is 0 Å². The lowest BCUT2D eigenvalue weighted by atomic mass is 9.45. The maximum Gasteiger partial charge on any atom is 0.306 e. The molecule has 4 aliphatic carbocycles. The molecule has 7 atom stereocenters. The Hall–Kier alpha value is -0.860. The first-order valence-corrected chi connectivity index (χ1v) is 14.1. The Bertz CT molecular complexity index is 671. The van der Waals surface area contributed by atoms with Crippen LogP contribution in [0.4, 0.5) is 0 Å². The van der Waals surface area contributed by atoms with E-state index >= 15 is 0 Å². The first-order valence-electron chi connectivity index (χ1n) is 14.1. The van der Waals surface area contributed by atoms with Crippen molar-refractivity contribution in [3.63, 3.8) is 0 Å². The quantitative estimate of drug-likeness (QED) is 0.271. The molecule has 0 heterocycles. The predicted molar refractivity (Wildman–Crippen MR) is 129 cm³/mol. The molecule has 0 radical (unpaired) electrons. The fraction of sp³-hybridized carbons (Fsp3) is 0.931. The van der Waals surface area contributed by atoms with Crippen LogP contribution in [0.3, 0.4) is 0 Å². The minimum atomic E-state index is 0.0500. The Balaban J connectivity index is 1.29. The SMILES string of the molecule is CCCCCCCCCC(=O)O[C@@H]1CCC2C3CC[C@H]4CC(=O)CC[C@]4(C)C3CC[C@@]21C. The smallest absolute Gasteiger partial charge is 0.306 e. The zero-order chi connectivity index (χ0) is 22.8. The van der Waals surface area contributed by atoms with E-state index in [4.69, 9.17) is 4.74 Å². The van der Waals surface area contributed by atoms with Gasteiger partial charge in [0.25, 0.3) is 0 Å². The van der Waals surface area contributed by atoms with E-state index in [1.807, 2.05) is 0 Å². The van der Waals surface area contributed by atoms with E-state index < -0.39 is 0 Å². The van der Waals surface area contributed by atoms with Gasteiger partial charge in [0.1, 0.15) is 11.9 Å². The van der Waals surface area contributed by atoms with Crippen molar-refractivity contribution in [1.29, 1.82) is 0 Å². The van der Waals surface area contributed by atoms with Crippen molar-refractivity contribution in [1.82, 2.24) is 0 Å². The number of esters is 1. The number of ether oxygens (including phenoxy) is 1. The zero-order valence-electron chi connectivity index (χ0n) is 21.1. The topological polar surface area (TPSA) is 43.4 Å². The van der Waals surface area contributed by atoms with Crippen LogP contribution < -0.4 is 0 Å². The van der Waals surface area contributed by atoms with Crippen LogP contribution >= 0.6 is 0 Å². The standard InChI is InChI=1S/C29H48O3/c1-4-5-6-7-8-9-10-11-27(31)32-26-15-14-24-23-13-12-21-20-22(30)16-18-28(21,2)25(23)17-19-29(24,26)3/h21,23-26H,4-20H2,1-3H3/t21-,23?,24?,25?,26+,28-,29-/m0/s1. The van der Waals surface area contributed by atoms with E-state index in [0.717, 1.165) is 50.4 Å². The second-order valence-corrected chi connectivity index (χ2v) is 12.4. The van der Waals surface area contributed by atoms with Crippen molar-refractivity contribution in [2.24, 2.45) is 34.5 Å². The lowest BCUT2D eigenvalue weighted by Gasteiger charge is -2.60. The summed E-state index contributed by atoms with van der Waals surface area (Å²) in [7, 11) is 0. The molecule has 0 aliphatic heterocycles. The van der Waals surface area contributed by atoms with Crippen LogP contribution in [0.2, 0.25) is 0 Å². The molecule has 0 N–H and O–H groups in total. The fourth-order valence-corrected chi connectivity index (χ4v) is 8.63. The maximum absolute atomic E-state index is 12.6. The molecule has 4 rings (SSSR count). The van der Waals surface area contributed by atoms with Gasteiger partial charge in [-0.05, 0) is 80.5 Å². The number of hydrogen-bond donors (Lipinski definition) is 0. The molecular weight excluding hydrogens is 396 g/mol. The summed E-state index contributed by atoms with van der Waals surface area (Å²) in [5.74, 6) is 3.42. The summed E-state index contributed by atoms with van der Waals surface area (Å²) in [6, 6.07) is 0. The zero-order valence-corrected chi connectivity index (χ0v) is 21.1. The van der Waals surface area contributed by atoms with Gasteiger partial charge in [-0.3, -0.25) is 9.59 Å². The van der Waals surface area contributed by atoms with Crippen molar-refractivity contribution in [3.8, 4) is 0 Å². The molecule has 3 unspecified atom stereocenters. The third kappa shape index (κ3) is 4.69. The van der Waals surface area contributed by atoms with E-state index in [1.54, 1.807) is 0 Å². The van der Waals surface area contributed by atoms with Gasteiger partial charge in [-0.1, -0.05) is 59.3 Å². The lowest BCUT2D eigenvalue weighted by molar-refractivity contribution is -0.164. The summed E-state index contributed by atoms with van der Waals surface area (Å²) in [5.41, 5.74) is 0.536. The first kappa shape index (κ1) is 24.3. The minimum Gasteiger partial charge on any atom is -0.462 e. The summed E-state index contributed by atoms with van der Waals surface area (Å²) < 4.78 is 6.17. The molecule has 0 aromatic rings. The second kappa shape index (κ2) is 10.2. The third-order valence-electron chi connectivity index (χ3n) is 10.7. The van der Waals surface area contributed by atoms with Crippen LogP contribution in [0.25, 0.3) is 0 Å². The number of ketones is 1. The maximum atomic E-state index is 12.6. The highest BCUT2D eigenvalue weighted by molar-refractivity contribution is 5.79. The molecule has 4 saturated carbocycles. The molecule has 0 spiro atoms. The van der Waals surface area contributed by atoms with Crippen LogP contribution in [0.15, 0.2) is 0 Å². The molecule has 0 bridgehead atoms. The van der Waals surface area contributed by atoms with Crippen molar-refractivity contribution in [2.45, 2.75) is 136 Å². The summed E-state index contributed by atoms with van der Waals surface area (Å²) in [4.78, 5) is 24.8. The average molecular weight is 445 g/mol. The Kier molecular flexibility index (Phi) is 7.72. The highest BCUT2D eigenvalue weighted by Crippen LogP contribution is 2.66. The van der Waals surface area contributed by atoms with Gasteiger partial charge < -0.3 is 4.74 Å². The van der Waals surface area contributed by atoms with Gasteiger partial charge in [0.05, 0.1) is 0 Å². The number of hydrogen-bond acceptors (Lipinski definition) is 3. The Morgan fingerprint density at radius 3 is 2.38 bits per heavy atom. The number of Topliss-reactive ketones (excluding diaryl/α,β-unsaturated/α-hetero) is 1. The number of carbonyl (C=O) groups excluding carboxylic acids is 2. The van der Waals surface area contributed by atoms with Gasteiger partial charge in [0, 0.05) is 24.7 Å². The Morgan fingerprint density at radius 2 is 1.59 bits per heavy atom. The predicted octanol–water partition coefficient (Wildman–Crippen LogP) is 7.65. The van der Waals surface area contributed by atoms with Crippen molar-refractivity contribution < 1.29 is 14.3 Å². The molecular formula is C29H48O3. The number of rotatable bonds is 9. The fourth-order valence-electron chi connectivity index (χ4n) is 8.63. The van der Waals surface area contributed by atoms with Crippen LogP contribution in [0.1, 0.15) is 130 Å². The van der Waals surface area contributed by atoms with Crippen LogP contribution in [0, 0.1) is 34.5 Å². The molecule has 0 saturated heterocycles. The van der Waals surface area contributed by atoms with E-state index in [0.29, 0.717) is 29.5 Å². The second-order valence-electron chi connectivity index (χ2n) is 12.4. The molecule has 3 nitrogen and oxygen atoms in total. The van der Waals surface area contributed by atoms with Gasteiger partial charge in [0.15, 0.2) is 0 Å². The summed E-state index contributed by atoms with van der Waals surface area (Å²) in [5, 5.41) is 0. The highest BCUT2D eigenvalue weighted by atomic mass is 16.5. The Morgan fingerprint density at radius 1 is 0.875 bits per heavy atom. The van der Waals surface area contributed by atoms with E-state index in [1.165, 1.54) is 64.2 Å². The molecule has 4 fully saturated rings. The molecule has 0 aromatic carbocycles. The summed E-state index contributed by atoms with van der Waals surface area (Å²) in [6.45, 7) is 7.20. The van der Waals surface area contributed by atoms with E-state index in [-0.39, 0.29) is 17.5 Å². The molecule has 4 aliphatic rings. The molecule has 182 valence electrons. The highest BCUT2D eigenvalue weighted by Gasteiger charge is 2.61. The molecule has 32 heavy (non-hydrogen) atoms. The van der Waals surface area contributed by atoms with Crippen molar-refractivity contribution >= 4 is 11.8 Å². The monoisotopic (exact) mass is 444 g/mol. The average Bonchev–Trinajstić information content (AvgIpc) is 3.10. The van der Waals surface area contributed by atoms with Crippen LogP contribution in [0.5, 0.6) is 0 Å². The van der Waals surface area contributed by atoms with E-state index in [2.05, 4.69) is 20.8 Å². The number of carbonyl (C=O) groups is 2. The third-order valence-corrected chi connectivity index (χ3v) is 10.7. The summed E-state index contributed by atoms with van der Waals surface area (Å²) in [6.07, 6.45) is 19.4. The molecule has 3 heteroatoms. The summed E-state index contributed by atoms with van der Waals surface area (Å²) >= 11 is 0. The van der Waals surface area contributed by atoms with Crippen molar-refractivity contribution in [3.05, 3.63) is 0 Å². The van der Waals surface area contributed by atoms with Gasteiger partial charge in [-0.15, -0.1) is 0 Å². The molecule has 0 amide bonds. The normalized spacial score (nSPS) is 41.0. The molecule has 0 aromatic heterocycles. The number of fused-ring (bicyclic) bond motifs is 5. The number of unbranched alkanes of at least 4 members (excludes halogenated alkanes) is 6. The lowest BCUT2D eigenvalue weighted by Crippen LogP contribution is -2.54. The van der Waals surface area contributed by atoms with Crippen molar-refractivity contribution in [2.75, 3.05) is 0 Å². The van der Waals surface area contributed by atoms with Crippen LogP contribution in [-0.4, -0.2) is 17.9 Å². The largest absolute Gasteiger partial charge is 0.462 e. The minimum absolute atomic E-state index is 0.0500.